The Bertz CT molecular complexity index is 588. The molecule has 2 fully saturated rings. The van der Waals surface area contributed by atoms with E-state index < -0.39 is 0 Å². The molecule has 0 saturated carbocycles. The zero-order valence-corrected chi connectivity index (χ0v) is 14.8. The van der Waals surface area contributed by atoms with Crippen LogP contribution in [-0.2, 0) is 20.8 Å². The average molecular weight is 350 g/mol. The van der Waals surface area contributed by atoms with Crippen LogP contribution in [0.5, 0.6) is 0 Å². The number of rotatable bonds is 5. The van der Waals surface area contributed by atoms with E-state index in [0.717, 1.165) is 44.5 Å². The van der Waals surface area contributed by atoms with Gasteiger partial charge in [-0.3, -0.25) is 9.69 Å². The first kappa shape index (κ1) is 18.3. The van der Waals surface area contributed by atoms with Crippen molar-refractivity contribution < 1.29 is 18.7 Å². The Morgan fingerprint density at radius 3 is 2.84 bits per heavy atom. The quantitative estimate of drug-likeness (QED) is 0.882. The Kier molecular flexibility index (Phi) is 6.04. The molecule has 0 aromatic heterocycles. The van der Waals surface area contributed by atoms with E-state index in [9.17, 15) is 9.18 Å². The highest BCUT2D eigenvalue weighted by molar-refractivity contribution is 5.77. The standard InChI is InChI=1S/C19H27FN2O3/c1-24-14-18(23)21-17-13-25-11-8-19(17)6-9-22(10-7-19)12-15-4-2-3-5-16(15)20/h2-5,17H,6-14H2,1H3,(H,21,23). The first-order chi connectivity index (χ1) is 12.1. The Morgan fingerprint density at radius 1 is 1.36 bits per heavy atom. The Morgan fingerprint density at radius 2 is 2.12 bits per heavy atom. The third-order valence-electron chi connectivity index (χ3n) is 5.58. The lowest BCUT2D eigenvalue weighted by molar-refractivity contribution is -0.130. The van der Waals surface area contributed by atoms with Gasteiger partial charge in [0.2, 0.25) is 5.91 Å². The normalized spacial score (nSPS) is 23.5. The fourth-order valence-electron chi connectivity index (χ4n) is 4.01. The molecular weight excluding hydrogens is 323 g/mol. The molecule has 1 aromatic carbocycles. The second kappa shape index (κ2) is 8.25. The Balaban J connectivity index is 1.60. The van der Waals surface area contributed by atoms with Gasteiger partial charge in [-0.25, -0.2) is 4.39 Å². The van der Waals surface area contributed by atoms with Gasteiger partial charge in [0.15, 0.2) is 0 Å². The summed E-state index contributed by atoms with van der Waals surface area (Å²) in [5, 5.41) is 3.09. The topological polar surface area (TPSA) is 50.8 Å². The van der Waals surface area contributed by atoms with E-state index in [0.29, 0.717) is 13.2 Å². The highest BCUT2D eigenvalue weighted by Gasteiger charge is 2.44. The number of carbonyl (C=O) groups excluding carboxylic acids is 1. The van der Waals surface area contributed by atoms with E-state index in [1.54, 1.807) is 6.07 Å². The lowest BCUT2D eigenvalue weighted by Crippen LogP contribution is -2.57. The molecule has 1 atom stereocenters. The first-order valence-electron chi connectivity index (χ1n) is 8.95. The van der Waals surface area contributed by atoms with Crippen LogP contribution in [0.25, 0.3) is 0 Å². The highest BCUT2D eigenvalue weighted by Crippen LogP contribution is 2.41. The van der Waals surface area contributed by atoms with Crippen molar-refractivity contribution in [2.24, 2.45) is 5.41 Å². The SMILES string of the molecule is COCC(=O)NC1COCCC12CCN(Cc1ccccc1F)CC2. The number of carbonyl (C=O) groups is 1. The monoisotopic (exact) mass is 350 g/mol. The lowest BCUT2D eigenvalue weighted by Gasteiger charge is -2.49. The molecule has 0 aliphatic carbocycles. The second-order valence-corrected chi connectivity index (χ2v) is 7.11. The maximum Gasteiger partial charge on any atom is 0.246 e. The fourth-order valence-corrected chi connectivity index (χ4v) is 4.01. The minimum absolute atomic E-state index is 0.0273. The van der Waals surface area contributed by atoms with Crippen molar-refractivity contribution in [2.75, 3.05) is 40.0 Å². The number of likely N-dealkylation sites (tertiary alicyclic amines) is 1. The van der Waals surface area contributed by atoms with Crippen LogP contribution in [0.1, 0.15) is 24.8 Å². The maximum absolute atomic E-state index is 13.9. The molecule has 2 aliphatic heterocycles. The Labute approximate surface area is 148 Å². The van der Waals surface area contributed by atoms with Gasteiger partial charge in [-0.2, -0.15) is 0 Å². The van der Waals surface area contributed by atoms with Gasteiger partial charge in [-0.1, -0.05) is 18.2 Å². The van der Waals surface area contributed by atoms with Crippen molar-refractivity contribution in [2.45, 2.75) is 31.8 Å². The predicted octanol–water partition coefficient (Wildman–Crippen LogP) is 1.96. The highest BCUT2D eigenvalue weighted by atomic mass is 19.1. The number of nitrogens with one attached hydrogen (secondary N) is 1. The summed E-state index contributed by atoms with van der Waals surface area (Å²) in [7, 11) is 1.52. The number of halogens is 1. The summed E-state index contributed by atoms with van der Waals surface area (Å²) in [6, 6.07) is 6.99. The van der Waals surface area contributed by atoms with Crippen LogP contribution >= 0.6 is 0 Å². The number of piperidine rings is 1. The molecular formula is C19H27FN2O3. The van der Waals surface area contributed by atoms with Gasteiger partial charge in [0.05, 0.1) is 12.6 Å². The zero-order chi connectivity index (χ0) is 17.7. The van der Waals surface area contributed by atoms with Gasteiger partial charge in [0, 0.05) is 25.8 Å². The molecule has 3 rings (SSSR count). The third-order valence-corrected chi connectivity index (χ3v) is 5.58. The summed E-state index contributed by atoms with van der Waals surface area (Å²) in [6.07, 6.45) is 2.93. The van der Waals surface area contributed by atoms with Gasteiger partial charge in [0.25, 0.3) is 0 Å². The van der Waals surface area contributed by atoms with Crippen molar-refractivity contribution in [3.63, 3.8) is 0 Å². The molecule has 0 radical (unpaired) electrons. The maximum atomic E-state index is 13.9. The molecule has 1 N–H and O–H groups in total. The van der Waals surface area contributed by atoms with Crippen LogP contribution in [0.4, 0.5) is 4.39 Å². The van der Waals surface area contributed by atoms with Crippen LogP contribution in [0.15, 0.2) is 24.3 Å². The summed E-state index contributed by atoms with van der Waals surface area (Å²) in [4.78, 5) is 14.2. The molecule has 0 bridgehead atoms. The molecule has 1 unspecified atom stereocenters. The molecule has 1 aromatic rings. The first-order valence-corrected chi connectivity index (χ1v) is 8.95. The Hall–Kier alpha value is -1.50. The fraction of sp³-hybridized carbons (Fsp3) is 0.632. The van der Waals surface area contributed by atoms with E-state index in [1.165, 1.54) is 13.2 Å². The van der Waals surface area contributed by atoms with Crippen LogP contribution in [0.2, 0.25) is 0 Å². The zero-order valence-electron chi connectivity index (χ0n) is 14.8. The second-order valence-electron chi connectivity index (χ2n) is 7.11. The molecule has 1 spiro atoms. The number of hydrogen-bond acceptors (Lipinski definition) is 4. The smallest absolute Gasteiger partial charge is 0.246 e. The minimum atomic E-state index is -0.140. The molecule has 2 aliphatic rings. The molecule has 1 amide bonds. The van der Waals surface area contributed by atoms with Crippen molar-refractivity contribution in [3.05, 3.63) is 35.6 Å². The number of methoxy groups -OCH3 is 1. The van der Waals surface area contributed by atoms with Crippen LogP contribution in [-0.4, -0.2) is 56.9 Å². The summed E-state index contributed by atoms with van der Waals surface area (Å²) >= 11 is 0. The summed E-state index contributed by atoms with van der Waals surface area (Å²) < 4.78 is 24.4. The number of amides is 1. The van der Waals surface area contributed by atoms with E-state index in [1.807, 2.05) is 12.1 Å². The van der Waals surface area contributed by atoms with E-state index in [4.69, 9.17) is 9.47 Å². The summed E-state index contributed by atoms with van der Waals surface area (Å²) in [5.41, 5.74) is 0.822. The van der Waals surface area contributed by atoms with Crippen molar-refractivity contribution in [1.29, 1.82) is 0 Å². The summed E-state index contributed by atoms with van der Waals surface area (Å²) in [6.45, 7) is 3.83. The van der Waals surface area contributed by atoms with Gasteiger partial charge >= 0.3 is 0 Å². The van der Waals surface area contributed by atoms with E-state index >= 15 is 0 Å². The van der Waals surface area contributed by atoms with Crippen LogP contribution in [0, 0.1) is 11.2 Å². The number of benzene rings is 1. The predicted molar refractivity (Wildman–Crippen MR) is 92.6 cm³/mol. The van der Waals surface area contributed by atoms with Crippen molar-refractivity contribution in [3.8, 4) is 0 Å². The summed E-state index contributed by atoms with van der Waals surface area (Å²) in [5.74, 6) is -0.232. The van der Waals surface area contributed by atoms with Gasteiger partial charge < -0.3 is 14.8 Å². The van der Waals surface area contributed by atoms with Crippen LogP contribution < -0.4 is 5.32 Å². The van der Waals surface area contributed by atoms with Crippen LogP contribution in [0.3, 0.4) is 0 Å². The lowest BCUT2D eigenvalue weighted by atomic mass is 9.69. The van der Waals surface area contributed by atoms with Gasteiger partial charge in [-0.05, 0) is 43.8 Å². The average Bonchev–Trinajstić information content (AvgIpc) is 2.61. The number of ether oxygens (including phenoxy) is 2. The minimum Gasteiger partial charge on any atom is -0.379 e. The molecule has 25 heavy (non-hydrogen) atoms. The number of nitrogens with zero attached hydrogens (tertiary/aromatic N) is 1. The van der Waals surface area contributed by atoms with Crippen molar-refractivity contribution in [1.82, 2.24) is 10.2 Å². The van der Waals surface area contributed by atoms with Gasteiger partial charge in [0.1, 0.15) is 12.4 Å². The van der Waals surface area contributed by atoms with Crippen molar-refractivity contribution >= 4 is 5.91 Å². The van der Waals surface area contributed by atoms with Gasteiger partial charge in [-0.15, -0.1) is 0 Å². The molecule has 2 saturated heterocycles. The van der Waals surface area contributed by atoms with E-state index in [2.05, 4.69) is 10.2 Å². The largest absolute Gasteiger partial charge is 0.379 e. The molecule has 5 nitrogen and oxygen atoms in total. The molecule has 6 heteroatoms. The third kappa shape index (κ3) is 4.37. The van der Waals surface area contributed by atoms with E-state index in [-0.39, 0.29) is 29.8 Å². The number of hydrogen-bond donors (Lipinski definition) is 1. The molecule has 2 heterocycles. The molecule has 138 valence electrons.